The van der Waals surface area contributed by atoms with Crippen LogP contribution in [0.1, 0.15) is 10.4 Å². The van der Waals surface area contributed by atoms with Gasteiger partial charge in [0.1, 0.15) is 11.6 Å². The fourth-order valence-electron chi connectivity index (χ4n) is 1.55. The van der Waals surface area contributed by atoms with Crippen LogP contribution in [-0.4, -0.2) is 16.0 Å². The molecular formula is C13H7BrFNO5. The van der Waals surface area contributed by atoms with Gasteiger partial charge in [-0.15, -0.1) is 0 Å². The molecule has 2 rings (SSSR count). The topological polar surface area (TPSA) is 89.7 Å². The van der Waals surface area contributed by atoms with Gasteiger partial charge in [-0.1, -0.05) is 0 Å². The van der Waals surface area contributed by atoms with Crippen LogP contribution in [0.25, 0.3) is 0 Å². The van der Waals surface area contributed by atoms with E-state index >= 15 is 0 Å². The Labute approximate surface area is 126 Å². The second-order valence-corrected chi connectivity index (χ2v) is 4.78. The van der Waals surface area contributed by atoms with Gasteiger partial charge >= 0.3 is 11.7 Å². The van der Waals surface area contributed by atoms with Crippen LogP contribution < -0.4 is 4.74 Å². The molecule has 108 valence electrons. The Bertz CT molecular complexity index is 734. The maximum Gasteiger partial charge on any atom is 0.335 e. The highest BCUT2D eigenvalue weighted by atomic mass is 79.9. The Balaban J connectivity index is 2.45. The normalized spacial score (nSPS) is 10.2. The van der Waals surface area contributed by atoms with E-state index in [1.54, 1.807) is 0 Å². The Kier molecular flexibility index (Phi) is 4.18. The van der Waals surface area contributed by atoms with E-state index in [0.29, 0.717) is 0 Å². The third kappa shape index (κ3) is 3.34. The average molecular weight is 356 g/mol. The molecule has 0 saturated carbocycles. The van der Waals surface area contributed by atoms with E-state index in [1.807, 2.05) is 0 Å². The van der Waals surface area contributed by atoms with E-state index in [-0.39, 0.29) is 27.2 Å². The molecule has 0 fully saturated rings. The first kappa shape index (κ1) is 14.9. The Morgan fingerprint density at radius 1 is 1.29 bits per heavy atom. The summed E-state index contributed by atoms with van der Waals surface area (Å²) in [6.45, 7) is 0. The van der Waals surface area contributed by atoms with Crippen molar-refractivity contribution in [3.63, 3.8) is 0 Å². The minimum Gasteiger partial charge on any atom is -0.478 e. The van der Waals surface area contributed by atoms with Crippen molar-refractivity contribution >= 4 is 27.6 Å². The number of carboxylic acid groups (broad SMARTS) is 1. The summed E-state index contributed by atoms with van der Waals surface area (Å²) in [5, 5.41) is 19.8. The first-order valence-corrected chi connectivity index (χ1v) is 6.32. The first-order chi connectivity index (χ1) is 9.88. The molecule has 8 heteroatoms. The highest BCUT2D eigenvalue weighted by molar-refractivity contribution is 9.10. The predicted octanol–water partition coefficient (Wildman–Crippen LogP) is 3.99. The Morgan fingerprint density at radius 3 is 2.57 bits per heavy atom. The quantitative estimate of drug-likeness (QED) is 0.661. The number of hydrogen-bond donors (Lipinski definition) is 1. The van der Waals surface area contributed by atoms with Gasteiger partial charge in [0.15, 0.2) is 0 Å². The van der Waals surface area contributed by atoms with Crippen LogP contribution >= 0.6 is 15.9 Å². The monoisotopic (exact) mass is 355 g/mol. The van der Waals surface area contributed by atoms with Gasteiger partial charge in [-0.05, 0) is 40.2 Å². The third-order valence-electron chi connectivity index (χ3n) is 2.52. The zero-order valence-corrected chi connectivity index (χ0v) is 11.8. The third-order valence-corrected chi connectivity index (χ3v) is 3.13. The molecule has 0 aromatic heterocycles. The largest absolute Gasteiger partial charge is 0.478 e. The van der Waals surface area contributed by atoms with E-state index in [0.717, 1.165) is 24.3 Å². The molecule has 0 amide bonds. The van der Waals surface area contributed by atoms with Crippen LogP contribution in [0.4, 0.5) is 10.1 Å². The minimum atomic E-state index is -1.24. The van der Waals surface area contributed by atoms with Gasteiger partial charge in [0.05, 0.1) is 15.0 Å². The molecule has 6 nitrogen and oxygen atoms in total. The summed E-state index contributed by atoms with van der Waals surface area (Å²) < 4.78 is 18.5. The molecule has 1 N–H and O–H groups in total. The lowest BCUT2D eigenvalue weighted by Gasteiger charge is -2.08. The van der Waals surface area contributed by atoms with Gasteiger partial charge in [0.25, 0.3) is 0 Å². The number of nitro benzene ring substituents is 1. The summed E-state index contributed by atoms with van der Waals surface area (Å²) in [5.41, 5.74) is -0.544. The van der Waals surface area contributed by atoms with Crippen LogP contribution in [0, 0.1) is 15.9 Å². The van der Waals surface area contributed by atoms with Gasteiger partial charge in [-0.3, -0.25) is 10.1 Å². The molecule has 0 bridgehead atoms. The molecule has 0 spiro atoms. The zero-order valence-electron chi connectivity index (χ0n) is 10.2. The van der Waals surface area contributed by atoms with Gasteiger partial charge < -0.3 is 9.84 Å². The molecule has 21 heavy (non-hydrogen) atoms. The van der Waals surface area contributed by atoms with Crippen molar-refractivity contribution in [1.29, 1.82) is 0 Å². The summed E-state index contributed by atoms with van der Waals surface area (Å²) in [6.07, 6.45) is 0. The molecule has 0 aliphatic rings. The Morgan fingerprint density at radius 2 is 2.00 bits per heavy atom. The fraction of sp³-hybridized carbons (Fsp3) is 0. The molecule has 0 unspecified atom stereocenters. The van der Waals surface area contributed by atoms with Crippen molar-refractivity contribution in [2.24, 2.45) is 0 Å². The maximum atomic E-state index is 13.1. The number of halogens is 2. The molecule has 2 aromatic rings. The highest BCUT2D eigenvalue weighted by Crippen LogP contribution is 2.33. The first-order valence-electron chi connectivity index (χ1n) is 5.53. The van der Waals surface area contributed by atoms with E-state index in [4.69, 9.17) is 9.84 Å². The number of ether oxygens (including phenoxy) is 1. The minimum absolute atomic E-state index is 0.122. The van der Waals surface area contributed by atoms with Crippen molar-refractivity contribution in [3.05, 3.63) is 62.4 Å². The van der Waals surface area contributed by atoms with E-state index in [2.05, 4.69) is 15.9 Å². The van der Waals surface area contributed by atoms with Crippen molar-refractivity contribution in [2.45, 2.75) is 0 Å². The smallest absolute Gasteiger partial charge is 0.335 e. The second kappa shape index (κ2) is 5.88. The molecule has 0 heterocycles. The summed E-state index contributed by atoms with van der Waals surface area (Å²) in [7, 11) is 0. The SMILES string of the molecule is O=C(O)c1ccc([N+](=O)[O-])c(Oc2ccc(F)c(Br)c2)c1. The van der Waals surface area contributed by atoms with Crippen LogP contribution in [0.3, 0.4) is 0 Å². The van der Waals surface area contributed by atoms with Crippen LogP contribution in [0.15, 0.2) is 40.9 Å². The van der Waals surface area contributed by atoms with Crippen LogP contribution in [0.5, 0.6) is 11.5 Å². The number of nitrogens with zero attached hydrogens (tertiary/aromatic N) is 1. The fourth-order valence-corrected chi connectivity index (χ4v) is 1.90. The lowest BCUT2D eigenvalue weighted by atomic mass is 10.2. The van der Waals surface area contributed by atoms with Crippen molar-refractivity contribution in [1.82, 2.24) is 0 Å². The second-order valence-electron chi connectivity index (χ2n) is 3.92. The summed E-state index contributed by atoms with van der Waals surface area (Å²) in [5.74, 6) is -1.86. The van der Waals surface area contributed by atoms with Gasteiger partial charge in [-0.25, -0.2) is 9.18 Å². The molecule has 2 aromatic carbocycles. The number of hydrogen-bond acceptors (Lipinski definition) is 4. The van der Waals surface area contributed by atoms with Crippen molar-refractivity contribution in [3.8, 4) is 11.5 Å². The lowest BCUT2D eigenvalue weighted by molar-refractivity contribution is -0.385. The van der Waals surface area contributed by atoms with Crippen LogP contribution in [0.2, 0.25) is 0 Å². The number of aromatic carboxylic acids is 1. The highest BCUT2D eigenvalue weighted by Gasteiger charge is 2.19. The lowest BCUT2D eigenvalue weighted by Crippen LogP contribution is -1.99. The van der Waals surface area contributed by atoms with Gasteiger partial charge in [0.2, 0.25) is 5.75 Å². The number of carboxylic acids is 1. The molecule has 0 atom stereocenters. The number of carbonyl (C=O) groups is 1. The number of benzene rings is 2. The van der Waals surface area contributed by atoms with E-state index in [9.17, 15) is 19.3 Å². The molecule has 0 aliphatic heterocycles. The number of rotatable bonds is 4. The summed E-state index contributed by atoms with van der Waals surface area (Å²) in [6, 6.07) is 6.86. The number of nitro groups is 1. The molecule has 0 saturated heterocycles. The van der Waals surface area contributed by atoms with E-state index < -0.39 is 16.7 Å². The molecule has 0 radical (unpaired) electrons. The predicted molar refractivity (Wildman–Crippen MR) is 74.2 cm³/mol. The van der Waals surface area contributed by atoms with Gasteiger partial charge in [0, 0.05) is 12.1 Å². The molecule has 0 aliphatic carbocycles. The van der Waals surface area contributed by atoms with Crippen molar-refractivity contribution in [2.75, 3.05) is 0 Å². The van der Waals surface area contributed by atoms with Crippen molar-refractivity contribution < 1.29 is 24.0 Å². The maximum absolute atomic E-state index is 13.1. The molecular weight excluding hydrogens is 349 g/mol. The standard InChI is InChI=1S/C13H7BrFNO5/c14-9-6-8(2-3-10(9)15)21-12-5-7(13(17)18)1-4-11(12)16(19)20/h1-6H,(H,17,18). The average Bonchev–Trinajstić information content (AvgIpc) is 2.42. The van der Waals surface area contributed by atoms with E-state index in [1.165, 1.54) is 12.1 Å². The van der Waals surface area contributed by atoms with Gasteiger partial charge in [-0.2, -0.15) is 0 Å². The Hall–Kier alpha value is -2.48. The zero-order chi connectivity index (χ0) is 15.6. The summed E-state index contributed by atoms with van der Waals surface area (Å²) >= 11 is 2.96. The summed E-state index contributed by atoms with van der Waals surface area (Å²) in [4.78, 5) is 21.1. The van der Waals surface area contributed by atoms with Crippen LogP contribution in [-0.2, 0) is 0 Å².